The van der Waals surface area contributed by atoms with Gasteiger partial charge in [0.25, 0.3) is 5.91 Å². The summed E-state index contributed by atoms with van der Waals surface area (Å²) in [7, 11) is 1.18. The van der Waals surface area contributed by atoms with Crippen LogP contribution in [-0.4, -0.2) is 36.5 Å². The Morgan fingerprint density at radius 1 is 1.18 bits per heavy atom. The largest absolute Gasteiger partial charge is 0.489 e. The number of carbonyl (C=O) groups is 3. The molecular formula is C20H17FN2O5. The Morgan fingerprint density at radius 3 is 2.61 bits per heavy atom. The highest BCUT2D eigenvalue weighted by Gasteiger charge is 2.35. The van der Waals surface area contributed by atoms with Gasteiger partial charge < -0.3 is 14.8 Å². The van der Waals surface area contributed by atoms with Gasteiger partial charge in [-0.3, -0.25) is 9.59 Å². The molecule has 0 radical (unpaired) electrons. The second-order valence-corrected chi connectivity index (χ2v) is 5.94. The maximum absolute atomic E-state index is 13.2. The van der Waals surface area contributed by atoms with Crippen LogP contribution in [-0.2, 0) is 20.9 Å². The van der Waals surface area contributed by atoms with E-state index >= 15 is 0 Å². The van der Waals surface area contributed by atoms with E-state index in [1.165, 1.54) is 25.3 Å². The monoisotopic (exact) mass is 384 g/mol. The molecular weight excluding hydrogens is 367 g/mol. The molecule has 144 valence electrons. The van der Waals surface area contributed by atoms with E-state index in [-0.39, 0.29) is 18.1 Å². The maximum atomic E-state index is 13.2. The summed E-state index contributed by atoms with van der Waals surface area (Å²) in [5, 5.41) is 2.42. The minimum Gasteiger partial charge on any atom is -0.489 e. The average Bonchev–Trinajstić information content (AvgIpc) is 2.94. The van der Waals surface area contributed by atoms with Gasteiger partial charge in [-0.15, -0.1) is 0 Å². The zero-order chi connectivity index (χ0) is 20.1. The van der Waals surface area contributed by atoms with Crippen LogP contribution in [0.5, 0.6) is 5.75 Å². The van der Waals surface area contributed by atoms with Crippen molar-refractivity contribution in [1.29, 1.82) is 0 Å². The van der Waals surface area contributed by atoms with E-state index in [9.17, 15) is 18.8 Å². The first-order valence-corrected chi connectivity index (χ1v) is 8.35. The first kappa shape index (κ1) is 19.1. The molecule has 0 spiro atoms. The fourth-order valence-corrected chi connectivity index (χ4v) is 2.53. The topological polar surface area (TPSA) is 84.9 Å². The van der Waals surface area contributed by atoms with E-state index in [1.54, 1.807) is 36.4 Å². The lowest BCUT2D eigenvalue weighted by Gasteiger charge is -2.09. The predicted octanol–water partition coefficient (Wildman–Crippen LogP) is 2.47. The number of imide groups is 1. The number of nitrogens with zero attached hydrogens (tertiary/aromatic N) is 1. The van der Waals surface area contributed by atoms with Crippen molar-refractivity contribution in [2.45, 2.75) is 6.61 Å². The quantitative estimate of drug-likeness (QED) is 0.470. The number of hydrogen-bond acceptors (Lipinski definition) is 5. The van der Waals surface area contributed by atoms with Crippen LogP contribution < -0.4 is 10.1 Å². The van der Waals surface area contributed by atoms with Crippen LogP contribution in [0.3, 0.4) is 0 Å². The maximum Gasteiger partial charge on any atom is 0.329 e. The molecule has 7 nitrogen and oxygen atoms in total. The van der Waals surface area contributed by atoms with Crippen molar-refractivity contribution in [2.75, 3.05) is 13.7 Å². The van der Waals surface area contributed by atoms with Crippen molar-refractivity contribution in [3.8, 4) is 5.75 Å². The number of carbonyl (C=O) groups excluding carboxylic acids is 3. The number of methoxy groups -OCH3 is 1. The number of esters is 1. The highest BCUT2D eigenvalue weighted by molar-refractivity contribution is 6.15. The number of halogens is 1. The molecule has 8 heteroatoms. The zero-order valence-corrected chi connectivity index (χ0v) is 15.0. The number of hydrogen-bond donors (Lipinski definition) is 1. The smallest absolute Gasteiger partial charge is 0.329 e. The van der Waals surface area contributed by atoms with Crippen molar-refractivity contribution in [2.24, 2.45) is 0 Å². The summed E-state index contributed by atoms with van der Waals surface area (Å²) in [6.07, 6.45) is 1.49. The lowest BCUT2D eigenvalue weighted by atomic mass is 10.2. The summed E-state index contributed by atoms with van der Waals surface area (Å²) in [6, 6.07) is 12.2. The summed E-state index contributed by atoms with van der Waals surface area (Å²) in [5.74, 6) is -1.06. The molecule has 0 saturated carbocycles. The molecule has 0 aliphatic carbocycles. The molecule has 0 bridgehead atoms. The fourth-order valence-electron chi connectivity index (χ4n) is 2.53. The van der Waals surface area contributed by atoms with E-state index in [2.05, 4.69) is 10.1 Å². The van der Waals surface area contributed by atoms with Crippen LogP contribution in [0, 0.1) is 5.82 Å². The third-order valence-electron chi connectivity index (χ3n) is 3.96. The number of benzene rings is 2. The number of urea groups is 1. The molecule has 3 amide bonds. The summed E-state index contributed by atoms with van der Waals surface area (Å²) >= 11 is 0. The molecule has 0 aromatic heterocycles. The summed E-state index contributed by atoms with van der Waals surface area (Å²) in [5.41, 5.74) is 1.42. The average molecular weight is 384 g/mol. The molecule has 1 N–H and O–H groups in total. The van der Waals surface area contributed by atoms with E-state index < -0.39 is 24.5 Å². The third-order valence-corrected chi connectivity index (χ3v) is 3.96. The normalized spacial score (nSPS) is 14.9. The van der Waals surface area contributed by atoms with E-state index in [1.807, 2.05) is 0 Å². The van der Waals surface area contributed by atoms with Crippen LogP contribution in [0.25, 0.3) is 6.08 Å². The molecule has 0 atom stereocenters. The molecule has 2 aromatic rings. The van der Waals surface area contributed by atoms with Gasteiger partial charge in [0.15, 0.2) is 0 Å². The molecule has 3 rings (SSSR count). The van der Waals surface area contributed by atoms with Gasteiger partial charge in [-0.1, -0.05) is 24.3 Å². The molecule has 1 fully saturated rings. The predicted molar refractivity (Wildman–Crippen MR) is 97.4 cm³/mol. The highest BCUT2D eigenvalue weighted by atomic mass is 19.1. The number of ether oxygens (including phenoxy) is 2. The molecule has 28 heavy (non-hydrogen) atoms. The van der Waals surface area contributed by atoms with Gasteiger partial charge in [-0.05, 0) is 41.5 Å². The van der Waals surface area contributed by atoms with Crippen LogP contribution in [0.2, 0.25) is 0 Å². The Hall–Kier alpha value is -3.68. The number of rotatable bonds is 6. The van der Waals surface area contributed by atoms with Crippen LogP contribution in [0.15, 0.2) is 54.2 Å². The third kappa shape index (κ3) is 4.53. The Labute approximate surface area is 160 Å². The van der Waals surface area contributed by atoms with Gasteiger partial charge in [0, 0.05) is 0 Å². The van der Waals surface area contributed by atoms with Gasteiger partial charge in [-0.2, -0.15) is 0 Å². The van der Waals surface area contributed by atoms with Gasteiger partial charge in [0.05, 0.1) is 7.11 Å². The lowest BCUT2D eigenvalue weighted by Crippen LogP contribution is -2.36. The first-order valence-electron chi connectivity index (χ1n) is 8.35. The van der Waals surface area contributed by atoms with Crippen LogP contribution in [0.1, 0.15) is 11.1 Å². The molecule has 2 aromatic carbocycles. The highest BCUT2D eigenvalue weighted by Crippen LogP contribution is 2.18. The molecule has 1 aliphatic rings. The summed E-state index contributed by atoms with van der Waals surface area (Å²) in [4.78, 5) is 36.1. The van der Waals surface area contributed by atoms with Gasteiger partial charge in [0.1, 0.15) is 30.4 Å². The van der Waals surface area contributed by atoms with E-state index in [0.29, 0.717) is 16.9 Å². The second kappa shape index (κ2) is 8.34. The Balaban J connectivity index is 1.64. The second-order valence-electron chi connectivity index (χ2n) is 5.94. The van der Waals surface area contributed by atoms with Gasteiger partial charge in [-0.25, -0.2) is 14.1 Å². The number of nitrogens with one attached hydrogen (secondary N) is 1. The molecule has 0 unspecified atom stereocenters. The fraction of sp³-hybridized carbons (Fsp3) is 0.150. The van der Waals surface area contributed by atoms with Crippen molar-refractivity contribution in [3.63, 3.8) is 0 Å². The van der Waals surface area contributed by atoms with Crippen LogP contribution >= 0.6 is 0 Å². The van der Waals surface area contributed by atoms with Crippen molar-refractivity contribution >= 4 is 24.0 Å². The van der Waals surface area contributed by atoms with E-state index in [0.717, 1.165) is 4.90 Å². The lowest BCUT2D eigenvalue weighted by molar-refractivity contribution is -0.143. The van der Waals surface area contributed by atoms with Crippen molar-refractivity contribution in [1.82, 2.24) is 10.2 Å². The zero-order valence-electron chi connectivity index (χ0n) is 15.0. The van der Waals surface area contributed by atoms with Crippen LogP contribution in [0.4, 0.5) is 9.18 Å². The van der Waals surface area contributed by atoms with Gasteiger partial charge in [0.2, 0.25) is 0 Å². The van der Waals surface area contributed by atoms with Gasteiger partial charge >= 0.3 is 12.0 Å². The van der Waals surface area contributed by atoms with Crippen molar-refractivity contribution < 1.29 is 28.2 Å². The molecule has 1 saturated heterocycles. The first-order chi connectivity index (χ1) is 13.5. The standard InChI is InChI=1S/C20H17FN2O5/c1-27-18(24)11-23-19(25)17(22-20(23)26)10-13-5-7-16(8-6-13)28-12-14-3-2-4-15(21)9-14/h2-10H,11-12H2,1H3,(H,22,26)/b17-10+. The minimum atomic E-state index is -0.690. The Bertz CT molecular complexity index is 940. The summed E-state index contributed by atoms with van der Waals surface area (Å²) < 4.78 is 23.2. The summed E-state index contributed by atoms with van der Waals surface area (Å²) in [6.45, 7) is -0.236. The SMILES string of the molecule is COC(=O)CN1C(=O)N/C(=C/c2ccc(OCc3cccc(F)c3)cc2)C1=O. The molecule has 1 heterocycles. The van der Waals surface area contributed by atoms with E-state index in [4.69, 9.17) is 4.74 Å². The molecule has 1 aliphatic heterocycles. The Kier molecular flexibility index (Phi) is 5.69. The number of amides is 3. The Morgan fingerprint density at radius 2 is 1.93 bits per heavy atom. The minimum absolute atomic E-state index is 0.0577. The van der Waals surface area contributed by atoms with Crippen molar-refractivity contribution in [3.05, 3.63) is 71.2 Å².